The van der Waals surface area contributed by atoms with Crippen molar-refractivity contribution in [2.24, 2.45) is 0 Å². The summed E-state index contributed by atoms with van der Waals surface area (Å²) in [5.74, 6) is -0.124. The average molecular weight is 364 g/mol. The van der Waals surface area contributed by atoms with Gasteiger partial charge in [-0.2, -0.15) is 13.2 Å². The Morgan fingerprint density at radius 2 is 2.00 bits per heavy atom. The van der Waals surface area contributed by atoms with Crippen molar-refractivity contribution < 1.29 is 27.4 Å². The Bertz CT molecular complexity index is 630. The Kier molecular flexibility index (Phi) is 7.16. The first kappa shape index (κ1) is 19.9. The van der Waals surface area contributed by atoms with Crippen molar-refractivity contribution in [1.82, 2.24) is 4.90 Å². The van der Waals surface area contributed by atoms with Gasteiger partial charge < -0.3 is 14.4 Å². The molecule has 0 atom stereocenters. The lowest BCUT2D eigenvalue weighted by atomic mass is 10.2. The van der Waals surface area contributed by atoms with Crippen LogP contribution < -0.4 is 9.47 Å². The second-order valence-corrected chi connectivity index (χ2v) is 5.10. The van der Waals surface area contributed by atoms with E-state index in [1.54, 1.807) is 6.07 Å². The highest BCUT2D eigenvalue weighted by Crippen LogP contribution is 2.36. The van der Waals surface area contributed by atoms with Gasteiger partial charge in [0.15, 0.2) is 11.5 Å². The standard InChI is InChI=1S/C16H17ClF3NO3/c1-4-7-21(10-16(18,19)20)14(22)6-5-11-8-12(17)15(24-3)13(9-11)23-2/h4-6,8-9H,1,7,10H2,2-3H3/b6-5+. The summed E-state index contributed by atoms with van der Waals surface area (Å²) >= 11 is 6.03. The summed E-state index contributed by atoms with van der Waals surface area (Å²) in [4.78, 5) is 12.6. The molecule has 1 amide bonds. The van der Waals surface area contributed by atoms with Crippen molar-refractivity contribution in [2.45, 2.75) is 6.18 Å². The van der Waals surface area contributed by atoms with Gasteiger partial charge in [0.1, 0.15) is 6.54 Å². The Hall–Kier alpha value is -2.15. The summed E-state index contributed by atoms with van der Waals surface area (Å²) in [6, 6.07) is 3.06. The molecule has 0 aliphatic carbocycles. The fourth-order valence-corrected chi connectivity index (χ4v) is 2.21. The van der Waals surface area contributed by atoms with Gasteiger partial charge in [-0.15, -0.1) is 6.58 Å². The van der Waals surface area contributed by atoms with Crippen LogP contribution in [0.4, 0.5) is 13.2 Å². The van der Waals surface area contributed by atoms with Crippen molar-refractivity contribution in [2.75, 3.05) is 27.3 Å². The molecule has 0 spiro atoms. The van der Waals surface area contributed by atoms with Gasteiger partial charge in [-0.3, -0.25) is 4.79 Å². The summed E-state index contributed by atoms with van der Waals surface area (Å²) in [5.41, 5.74) is 0.483. The summed E-state index contributed by atoms with van der Waals surface area (Å²) in [6.45, 7) is 1.79. The molecule has 0 radical (unpaired) electrons. The molecule has 132 valence electrons. The van der Waals surface area contributed by atoms with E-state index in [4.69, 9.17) is 21.1 Å². The number of hydrogen-bond acceptors (Lipinski definition) is 3. The number of ether oxygens (including phenoxy) is 2. The lowest BCUT2D eigenvalue weighted by Crippen LogP contribution is -2.38. The maximum Gasteiger partial charge on any atom is 0.406 e. The third-order valence-electron chi connectivity index (χ3n) is 2.91. The molecule has 0 heterocycles. The molecule has 0 saturated heterocycles. The van der Waals surface area contributed by atoms with Crippen molar-refractivity contribution in [1.29, 1.82) is 0 Å². The molecule has 8 heteroatoms. The third-order valence-corrected chi connectivity index (χ3v) is 3.19. The monoisotopic (exact) mass is 363 g/mol. The molecule has 1 aromatic rings. The zero-order chi connectivity index (χ0) is 18.3. The van der Waals surface area contributed by atoms with Crippen molar-refractivity contribution >= 4 is 23.6 Å². The average Bonchev–Trinajstić information content (AvgIpc) is 2.50. The Morgan fingerprint density at radius 1 is 1.33 bits per heavy atom. The highest BCUT2D eigenvalue weighted by Gasteiger charge is 2.31. The largest absolute Gasteiger partial charge is 0.493 e. The molecule has 24 heavy (non-hydrogen) atoms. The van der Waals surface area contributed by atoms with E-state index in [9.17, 15) is 18.0 Å². The normalized spacial score (nSPS) is 11.4. The van der Waals surface area contributed by atoms with E-state index in [0.29, 0.717) is 22.0 Å². The molecule has 0 aliphatic heterocycles. The zero-order valence-electron chi connectivity index (χ0n) is 13.2. The van der Waals surface area contributed by atoms with Gasteiger partial charge in [-0.25, -0.2) is 0 Å². The summed E-state index contributed by atoms with van der Waals surface area (Å²) in [5, 5.41) is 0.252. The first-order valence-electron chi connectivity index (χ1n) is 6.78. The van der Waals surface area contributed by atoms with Crippen LogP contribution in [-0.2, 0) is 4.79 Å². The van der Waals surface area contributed by atoms with Crippen molar-refractivity contribution in [3.05, 3.63) is 41.4 Å². The van der Waals surface area contributed by atoms with E-state index in [0.717, 1.165) is 6.08 Å². The molecule has 0 aliphatic rings. The second kappa shape index (κ2) is 8.63. The minimum atomic E-state index is -4.49. The highest BCUT2D eigenvalue weighted by atomic mass is 35.5. The van der Waals surface area contributed by atoms with Crippen LogP contribution in [0.25, 0.3) is 6.08 Å². The number of rotatable bonds is 7. The van der Waals surface area contributed by atoms with Gasteiger partial charge in [0.25, 0.3) is 0 Å². The van der Waals surface area contributed by atoms with E-state index in [2.05, 4.69) is 6.58 Å². The van der Waals surface area contributed by atoms with Crippen LogP contribution in [0.1, 0.15) is 5.56 Å². The number of amides is 1. The number of halogens is 4. The molecular weight excluding hydrogens is 347 g/mol. The number of benzene rings is 1. The van der Waals surface area contributed by atoms with E-state index < -0.39 is 18.6 Å². The fraction of sp³-hybridized carbons (Fsp3) is 0.312. The minimum Gasteiger partial charge on any atom is -0.493 e. The summed E-state index contributed by atoms with van der Waals surface area (Å²) < 4.78 is 47.7. The number of alkyl halides is 3. The van der Waals surface area contributed by atoms with Crippen molar-refractivity contribution in [3.63, 3.8) is 0 Å². The van der Waals surface area contributed by atoms with E-state index in [-0.39, 0.29) is 11.6 Å². The molecule has 0 fully saturated rings. The van der Waals surface area contributed by atoms with Gasteiger partial charge in [-0.05, 0) is 23.8 Å². The quantitative estimate of drug-likeness (QED) is 0.544. The lowest BCUT2D eigenvalue weighted by molar-refractivity contribution is -0.157. The van der Waals surface area contributed by atoms with Gasteiger partial charge in [0, 0.05) is 12.6 Å². The van der Waals surface area contributed by atoms with Gasteiger partial charge >= 0.3 is 6.18 Å². The maximum atomic E-state index is 12.5. The molecule has 0 aromatic heterocycles. The van der Waals surface area contributed by atoms with Crippen LogP contribution in [-0.4, -0.2) is 44.3 Å². The predicted molar refractivity (Wildman–Crippen MR) is 86.4 cm³/mol. The van der Waals surface area contributed by atoms with Crippen LogP contribution in [0.2, 0.25) is 5.02 Å². The second-order valence-electron chi connectivity index (χ2n) is 4.69. The van der Waals surface area contributed by atoms with Crippen LogP contribution in [0.5, 0.6) is 11.5 Å². The minimum absolute atomic E-state index is 0.213. The van der Waals surface area contributed by atoms with E-state index in [1.165, 1.54) is 32.4 Å². The summed E-state index contributed by atoms with van der Waals surface area (Å²) in [6.07, 6.45) is -0.876. The number of methoxy groups -OCH3 is 2. The molecule has 0 bridgehead atoms. The third kappa shape index (κ3) is 5.81. The van der Waals surface area contributed by atoms with Crippen LogP contribution >= 0.6 is 11.6 Å². The van der Waals surface area contributed by atoms with Crippen LogP contribution in [0, 0.1) is 0 Å². The number of hydrogen-bond donors (Lipinski definition) is 0. The first-order valence-corrected chi connectivity index (χ1v) is 7.15. The highest BCUT2D eigenvalue weighted by molar-refractivity contribution is 6.32. The van der Waals surface area contributed by atoms with Gasteiger partial charge in [0.05, 0.1) is 19.2 Å². The lowest BCUT2D eigenvalue weighted by Gasteiger charge is -2.20. The Morgan fingerprint density at radius 3 is 2.50 bits per heavy atom. The molecule has 1 rings (SSSR count). The van der Waals surface area contributed by atoms with Crippen LogP contribution in [0.3, 0.4) is 0 Å². The SMILES string of the molecule is C=CCN(CC(F)(F)F)C(=O)/C=C/c1cc(Cl)c(OC)c(OC)c1. The van der Waals surface area contributed by atoms with Gasteiger partial charge in [-0.1, -0.05) is 17.7 Å². The van der Waals surface area contributed by atoms with E-state index in [1.807, 2.05) is 0 Å². The number of nitrogens with zero attached hydrogens (tertiary/aromatic N) is 1. The molecule has 0 N–H and O–H groups in total. The Balaban J connectivity index is 2.99. The molecule has 0 unspecified atom stereocenters. The number of carbonyl (C=O) groups is 1. The smallest absolute Gasteiger partial charge is 0.406 e. The predicted octanol–water partition coefficient (Wildman–Crippen LogP) is 3.95. The van der Waals surface area contributed by atoms with Gasteiger partial charge in [0.2, 0.25) is 5.91 Å². The fourth-order valence-electron chi connectivity index (χ4n) is 1.91. The number of carbonyl (C=O) groups excluding carboxylic acids is 1. The maximum absolute atomic E-state index is 12.5. The van der Waals surface area contributed by atoms with Crippen LogP contribution in [0.15, 0.2) is 30.9 Å². The zero-order valence-corrected chi connectivity index (χ0v) is 13.9. The topological polar surface area (TPSA) is 38.8 Å². The Labute approximate surface area is 143 Å². The molecular formula is C16H17ClF3NO3. The molecule has 4 nitrogen and oxygen atoms in total. The summed E-state index contributed by atoms with van der Waals surface area (Å²) in [7, 11) is 2.84. The molecule has 0 saturated carbocycles. The van der Waals surface area contributed by atoms with Crippen molar-refractivity contribution in [3.8, 4) is 11.5 Å². The first-order chi connectivity index (χ1) is 11.2. The van der Waals surface area contributed by atoms with E-state index >= 15 is 0 Å². The molecule has 1 aromatic carbocycles.